The lowest BCUT2D eigenvalue weighted by Gasteiger charge is -2.21. The topological polar surface area (TPSA) is 43.8 Å². The number of hydrogen-bond acceptors (Lipinski definition) is 2. The third kappa shape index (κ3) is 2.30. The molecular weight excluding hydrogens is 246 g/mol. The van der Waals surface area contributed by atoms with Gasteiger partial charge in [0.25, 0.3) is 0 Å². The molecule has 0 radical (unpaired) electrons. The minimum absolute atomic E-state index is 0.347. The molecule has 3 heteroatoms. The maximum Gasteiger partial charge on any atom is 0.0640 e. The fourth-order valence-corrected chi connectivity index (χ4v) is 4.92. The second kappa shape index (κ2) is 5.18. The highest BCUT2D eigenvalue weighted by molar-refractivity contribution is 5.10. The minimum Gasteiger partial charge on any atom is -0.327 e. The Morgan fingerprint density at radius 1 is 1.10 bits per heavy atom. The molecule has 0 aromatic carbocycles. The van der Waals surface area contributed by atoms with Crippen LogP contribution >= 0.6 is 0 Å². The van der Waals surface area contributed by atoms with E-state index in [0.717, 1.165) is 24.2 Å². The summed E-state index contributed by atoms with van der Waals surface area (Å²) in [5, 5.41) is 4.81. The molecule has 0 spiro atoms. The SMILES string of the molecule is NC(Cc1ccn(C2CCCCC2)n1)C1C2CCCC21. The van der Waals surface area contributed by atoms with Gasteiger partial charge in [-0.05, 0) is 49.5 Å². The zero-order valence-corrected chi connectivity index (χ0v) is 12.4. The van der Waals surface area contributed by atoms with Gasteiger partial charge in [-0.25, -0.2) is 0 Å². The van der Waals surface area contributed by atoms with Crippen molar-refractivity contribution in [2.24, 2.45) is 23.5 Å². The molecule has 1 aromatic heterocycles. The van der Waals surface area contributed by atoms with Crippen molar-refractivity contribution in [1.82, 2.24) is 9.78 Å². The van der Waals surface area contributed by atoms with Crippen LogP contribution in [0.4, 0.5) is 0 Å². The Hall–Kier alpha value is -0.830. The van der Waals surface area contributed by atoms with E-state index in [-0.39, 0.29) is 0 Å². The van der Waals surface area contributed by atoms with Gasteiger partial charge in [-0.1, -0.05) is 25.7 Å². The molecule has 0 saturated heterocycles. The number of aromatic nitrogens is 2. The summed E-state index contributed by atoms with van der Waals surface area (Å²) in [6, 6.07) is 3.20. The van der Waals surface area contributed by atoms with E-state index in [9.17, 15) is 0 Å². The largest absolute Gasteiger partial charge is 0.327 e. The van der Waals surface area contributed by atoms with Crippen LogP contribution in [0.3, 0.4) is 0 Å². The van der Waals surface area contributed by atoms with Gasteiger partial charge in [-0.15, -0.1) is 0 Å². The summed E-state index contributed by atoms with van der Waals surface area (Å²) >= 11 is 0. The molecule has 3 aliphatic rings. The molecule has 3 saturated carbocycles. The lowest BCUT2D eigenvalue weighted by Crippen LogP contribution is -2.27. The second-order valence-corrected chi connectivity index (χ2v) is 7.28. The van der Waals surface area contributed by atoms with Crippen LogP contribution in [0.15, 0.2) is 12.3 Å². The van der Waals surface area contributed by atoms with Crippen LogP contribution in [-0.4, -0.2) is 15.8 Å². The standard InChI is InChI=1S/C17H27N3/c18-16(17-14-7-4-8-15(14)17)11-12-9-10-20(19-12)13-5-2-1-3-6-13/h9-10,13-17H,1-8,11,18H2. The van der Waals surface area contributed by atoms with Crippen molar-refractivity contribution in [2.75, 3.05) is 0 Å². The van der Waals surface area contributed by atoms with E-state index in [4.69, 9.17) is 10.8 Å². The molecule has 1 heterocycles. The molecule has 0 aliphatic heterocycles. The fraction of sp³-hybridized carbons (Fsp3) is 0.824. The van der Waals surface area contributed by atoms with E-state index in [2.05, 4.69) is 16.9 Å². The Balaban J connectivity index is 1.36. The molecular formula is C17H27N3. The average molecular weight is 273 g/mol. The summed E-state index contributed by atoms with van der Waals surface area (Å²) in [6.07, 6.45) is 14.2. The molecule has 4 rings (SSSR count). The normalized spacial score (nSPS) is 35.0. The van der Waals surface area contributed by atoms with E-state index in [0.29, 0.717) is 12.1 Å². The van der Waals surface area contributed by atoms with E-state index < -0.39 is 0 Å². The quantitative estimate of drug-likeness (QED) is 0.914. The number of fused-ring (bicyclic) bond motifs is 1. The zero-order valence-electron chi connectivity index (χ0n) is 12.4. The highest BCUT2D eigenvalue weighted by Gasteiger charge is 2.54. The van der Waals surface area contributed by atoms with Crippen molar-refractivity contribution < 1.29 is 0 Å². The molecule has 3 nitrogen and oxygen atoms in total. The van der Waals surface area contributed by atoms with Crippen LogP contribution in [0.1, 0.15) is 63.1 Å². The third-order valence-electron chi connectivity index (χ3n) is 6.02. The van der Waals surface area contributed by atoms with Crippen molar-refractivity contribution in [1.29, 1.82) is 0 Å². The summed E-state index contributed by atoms with van der Waals surface area (Å²) in [6.45, 7) is 0. The van der Waals surface area contributed by atoms with Crippen molar-refractivity contribution in [3.8, 4) is 0 Å². The van der Waals surface area contributed by atoms with Gasteiger partial charge in [-0.3, -0.25) is 4.68 Å². The van der Waals surface area contributed by atoms with Gasteiger partial charge in [0.15, 0.2) is 0 Å². The molecule has 3 aliphatic carbocycles. The van der Waals surface area contributed by atoms with Crippen LogP contribution < -0.4 is 5.73 Å². The zero-order chi connectivity index (χ0) is 13.5. The molecule has 0 amide bonds. The molecule has 1 aromatic rings. The van der Waals surface area contributed by atoms with Gasteiger partial charge in [0, 0.05) is 18.7 Å². The first-order chi connectivity index (χ1) is 9.83. The Kier molecular flexibility index (Phi) is 3.33. The van der Waals surface area contributed by atoms with Crippen molar-refractivity contribution in [2.45, 2.75) is 69.9 Å². The van der Waals surface area contributed by atoms with Gasteiger partial charge in [0.05, 0.1) is 11.7 Å². The fourth-order valence-electron chi connectivity index (χ4n) is 4.92. The summed E-state index contributed by atoms with van der Waals surface area (Å²) in [7, 11) is 0. The summed E-state index contributed by atoms with van der Waals surface area (Å²) < 4.78 is 2.22. The first-order valence-electron chi connectivity index (χ1n) is 8.62. The Labute approximate surface area is 121 Å². The minimum atomic E-state index is 0.347. The van der Waals surface area contributed by atoms with E-state index in [1.807, 2.05) is 0 Å². The van der Waals surface area contributed by atoms with E-state index >= 15 is 0 Å². The lowest BCUT2D eigenvalue weighted by molar-refractivity contribution is 0.327. The summed E-state index contributed by atoms with van der Waals surface area (Å²) in [5.41, 5.74) is 7.66. The molecule has 3 atom stereocenters. The molecule has 3 fully saturated rings. The molecule has 3 unspecified atom stereocenters. The molecule has 110 valence electrons. The van der Waals surface area contributed by atoms with E-state index in [1.54, 1.807) is 0 Å². The van der Waals surface area contributed by atoms with Crippen LogP contribution in [0.5, 0.6) is 0 Å². The predicted octanol–water partition coefficient (Wildman–Crippen LogP) is 3.30. The first kappa shape index (κ1) is 12.9. The number of nitrogens with zero attached hydrogens (tertiary/aromatic N) is 2. The maximum absolute atomic E-state index is 6.44. The van der Waals surface area contributed by atoms with Gasteiger partial charge >= 0.3 is 0 Å². The Morgan fingerprint density at radius 2 is 1.85 bits per heavy atom. The first-order valence-corrected chi connectivity index (χ1v) is 8.62. The number of nitrogens with two attached hydrogens (primary N) is 1. The second-order valence-electron chi connectivity index (χ2n) is 7.28. The van der Waals surface area contributed by atoms with Crippen molar-refractivity contribution >= 4 is 0 Å². The monoisotopic (exact) mass is 273 g/mol. The summed E-state index contributed by atoms with van der Waals surface area (Å²) in [4.78, 5) is 0. The molecule has 20 heavy (non-hydrogen) atoms. The van der Waals surface area contributed by atoms with Crippen molar-refractivity contribution in [3.63, 3.8) is 0 Å². The van der Waals surface area contributed by atoms with Gasteiger partial charge in [0.2, 0.25) is 0 Å². The van der Waals surface area contributed by atoms with Crippen LogP contribution in [0.25, 0.3) is 0 Å². The van der Waals surface area contributed by atoms with E-state index in [1.165, 1.54) is 57.1 Å². The smallest absolute Gasteiger partial charge is 0.0640 e. The highest BCUT2D eigenvalue weighted by atomic mass is 15.3. The third-order valence-corrected chi connectivity index (χ3v) is 6.02. The highest BCUT2D eigenvalue weighted by Crippen LogP contribution is 2.58. The predicted molar refractivity (Wildman–Crippen MR) is 80.3 cm³/mol. The molecule has 2 N–H and O–H groups in total. The number of rotatable bonds is 4. The lowest BCUT2D eigenvalue weighted by atomic mass is 9.96. The molecule has 0 bridgehead atoms. The maximum atomic E-state index is 6.44. The summed E-state index contributed by atoms with van der Waals surface area (Å²) in [5.74, 6) is 2.74. The van der Waals surface area contributed by atoms with Gasteiger partial charge < -0.3 is 5.73 Å². The van der Waals surface area contributed by atoms with Crippen LogP contribution in [0.2, 0.25) is 0 Å². The number of hydrogen-bond donors (Lipinski definition) is 1. The van der Waals surface area contributed by atoms with Gasteiger partial charge in [0.1, 0.15) is 0 Å². The average Bonchev–Trinajstić information content (AvgIpc) is 2.85. The Morgan fingerprint density at radius 3 is 2.60 bits per heavy atom. The van der Waals surface area contributed by atoms with Crippen molar-refractivity contribution in [3.05, 3.63) is 18.0 Å². The Bertz CT molecular complexity index is 451. The van der Waals surface area contributed by atoms with Crippen LogP contribution in [0, 0.1) is 17.8 Å². The van der Waals surface area contributed by atoms with Crippen LogP contribution in [-0.2, 0) is 6.42 Å². The van der Waals surface area contributed by atoms with Gasteiger partial charge in [-0.2, -0.15) is 5.10 Å².